The van der Waals surface area contributed by atoms with Crippen LogP contribution in [0, 0.1) is 0 Å². The molecule has 3 N–H and O–H groups in total. The number of morpholine rings is 1. The number of H-pyrrole nitrogens is 1. The molecule has 8 heteroatoms. The molecule has 4 aromatic rings. The molecule has 0 unspecified atom stereocenters. The molecule has 5 rings (SSSR count). The summed E-state index contributed by atoms with van der Waals surface area (Å²) in [6.45, 7) is 4.91. The second-order valence-corrected chi connectivity index (χ2v) is 8.61. The average molecular weight is 465 g/mol. The average Bonchev–Trinajstić information content (AvgIpc) is 3.18. The summed E-state index contributed by atoms with van der Waals surface area (Å²) in [4.78, 5) is 22.4. The van der Waals surface area contributed by atoms with Gasteiger partial charge in [0, 0.05) is 41.7 Å². The van der Waals surface area contributed by atoms with E-state index < -0.39 is 5.91 Å². The van der Waals surface area contributed by atoms with Crippen molar-refractivity contribution < 1.29 is 14.3 Å². The molecule has 1 amide bonds. The van der Waals surface area contributed by atoms with E-state index in [0.29, 0.717) is 11.6 Å². The van der Waals surface area contributed by atoms with Crippen molar-refractivity contribution >= 4 is 39.4 Å². The summed E-state index contributed by atoms with van der Waals surface area (Å²) >= 11 is 6.04. The fourth-order valence-electron chi connectivity index (χ4n) is 4.20. The summed E-state index contributed by atoms with van der Waals surface area (Å²) in [5, 5.41) is 1.62. The predicted octanol–water partition coefficient (Wildman–Crippen LogP) is 3.78. The van der Waals surface area contributed by atoms with Gasteiger partial charge in [0.25, 0.3) is 0 Å². The number of pyridine rings is 1. The minimum atomic E-state index is -0.393. The Morgan fingerprint density at radius 2 is 1.94 bits per heavy atom. The van der Waals surface area contributed by atoms with Crippen molar-refractivity contribution in [1.82, 2.24) is 14.9 Å². The quantitative estimate of drug-likeness (QED) is 0.434. The second-order valence-electron chi connectivity index (χ2n) is 8.18. The van der Waals surface area contributed by atoms with Crippen LogP contribution in [0.4, 0.5) is 0 Å². The third-order valence-corrected chi connectivity index (χ3v) is 6.14. The first-order chi connectivity index (χ1) is 16.1. The maximum absolute atomic E-state index is 11.8. The number of ether oxygens (including phenoxy) is 2. The second kappa shape index (κ2) is 9.39. The molecule has 2 aromatic carbocycles. The topological polar surface area (TPSA) is 93.5 Å². The zero-order valence-electron chi connectivity index (χ0n) is 18.1. The predicted molar refractivity (Wildman–Crippen MR) is 130 cm³/mol. The molecule has 1 aliphatic rings. The molecule has 3 heterocycles. The van der Waals surface area contributed by atoms with Gasteiger partial charge < -0.3 is 20.2 Å². The first-order valence-corrected chi connectivity index (χ1v) is 11.4. The summed E-state index contributed by atoms with van der Waals surface area (Å²) in [5.74, 6) is 0.395. The number of rotatable bonds is 7. The van der Waals surface area contributed by atoms with E-state index in [1.807, 2.05) is 48.5 Å². The van der Waals surface area contributed by atoms with E-state index in [4.69, 9.17) is 31.8 Å². The van der Waals surface area contributed by atoms with Gasteiger partial charge in [-0.15, -0.1) is 0 Å². The van der Waals surface area contributed by atoms with Gasteiger partial charge in [-0.05, 0) is 35.9 Å². The number of amides is 1. The zero-order chi connectivity index (χ0) is 22.8. The highest BCUT2D eigenvalue weighted by Gasteiger charge is 2.15. The van der Waals surface area contributed by atoms with Gasteiger partial charge in [-0.25, -0.2) is 4.98 Å². The van der Waals surface area contributed by atoms with E-state index in [9.17, 15) is 4.79 Å². The van der Waals surface area contributed by atoms with Crippen molar-refractivity contribution in [2.24, 2.45) is 5.73 Å². The Morgan fingerprint density at radius 3 is 2.70 bits per heavy atom. The lowest BCUT2D eigenvalue weighted by atomic mass is 10.0. The molecule has 2 aromatic heterocycles. The van der Waals surface area contributed by atoms with Gasteiger partial charge in [0.15, 0.2) is 0 Å². The summed E-state index contributed by atoms with van der Waals surface area (Å²) < 4.78 is 11.4. The van der Waals surface area contributed by atoms with Crippen LogP contribution in [0.3, 0.4) is 0 Å². The zero-order valence-corrected chi connectivity index (χ0v) is 18.9. The number of hydrogen-bond acceptors (Lipinski definition) is 5. The van der Waals surface area contributed by atoms with Gasteiger partial charge in [-0.1, -0.05) is 23.7 Å². The Balaban J connectivity index is 1.47. The minimum absolute atomic E-state index is 0.120. The van der Waals surface area contributed by atoms with E-state index >= 15 is 0 Å². The van der Waals surface area contributed by atoms with Crippen molar-refractivity contribution in [2.75, 3.05) is 39.5 Å². The fraction of sp³-hybridized carbons (Fsp3) is 0.280. The van der Waals surface area contributed by atoms with E-state index in [0.717, 1.165) is 77.4 Å². The molecule has 170 valence electrons. The SMILES string of the molecule is NC(=O)Cc1cc(-c2ccc(Cl)cc2)nc2c1[nH]c1cc(OCCN3CCOCC3)ccc12. The van der Waals surface area contributed by atoms with Crippen LogP contribution < -0.4 is 10.5 Å². The minimum Gasteiger partial charge on any atom is -0.492 e. The van der Waals surface area contributed by atoms with Gasteiger partial charge >= 0.3 is 0 Å². The van der Waals surface area contributed by atoms with Gasteiger partial charge in [-0.3, -0.25) is 9.69 Å². The molecule has 0 bridgehead atoms. The third-order valence-electron chi connectivity index (χ3n) is 5.89. The van der Waals surface area contributed by atoms with Crippen LogP contribution in [0.15, 0.2) is 48.5 Å². The first kappa shape index (κ1) is 21.7. The van der Waals surface area contributed by atoms with Gasteiger partial charge in [0.2, 0.25) is 5.91 Å². The van der Waals surface area contributed by atoms with Crippen molar-refractivity contribution in [3.05, 3.63) is 59.1 Å². The Labute approximate surface area is 196 Å². The molecule has 0 radical (unpaired) electrons. The molecule has 0 spiro atoms. The maximum Gasteiger partial charge on any atom is 0.221 e. The number of aromatic amines is 1. The number of nitrogens with zero attached hydrogens (tertiary/aromatic N) is 2. The van der Waals surface area contributed by atoms with Crippen molar-refractivity contribution in [2.45, 2.75) is 6.42 Å². The van der Waals surface area contributed by atoms with Crippen LogP contribution in [0.2, 0.25) is 5.02 Å². The largest absolute Gasteiger partial charge is 0.492 e. The molecule has 33 heavy (non-hydrogen) atoms. The monoisotopic (exact) mass is 464 g/mol. The van der Waals surface area contributed by atoms with Crippen molar-refractivity contribution in [1.29, 1.82) is 0 Å². The van der Waals surface area contributed by atoms with Crippen LogP contribution in [-0.4, -0.2) is 60.2 Å². The van der Waals surface area contributed by atoms with Crippen LogP contribution >= 0.6 is 11.6 Å². The number of carbonyl (C=O) groups excluding carboxylic acids is 1. The number of benzene rings is 2. The summed E-state index contributed by atoms with van der Waals surface area (Å²) in [5.41, 5.74) is 10.5. The number of fused-ring (bicyclic) bond motifs is 3. The van der Waals surface area contributed by atoms with Crippen LogP contribution in [-0.2, 0) is 16.0 Å². The Kier molecular flexibility index (Phi) is 6.17. The van der Waals surface area contributed by atoms with Crippen molar-refractivity contribution in [3.63, 3.8) is 0 Å². The Hall–Kier alpha value is -3.13. The number of aromatic nitrogens is 2. The molecule has 1 aliphatic heterocycles. The van der Waals surface area contributed by atoms with Crippen LogP contribution in [0.5, 0.6) is 5.75 Å². The van der Waals surface area contributed by atoms with Gasteiger partial charge in [0.1, 0.15) is 12.4 Å². The van der Waals surface area contributed by atoms with E-state index in [2.05, 4.69) is 9.88 Å². The number of primary amides is 1. The molecular weight excluding hydrogens is 440 g/mol. The van der Waals surface area contributed by atoms with Gasteiger partial charge in [0.05, 0.1) is 41.9 Å². The molecule has 1 saturated heterocycles. The number of hydrogen-bond donors (Lipinski definition) is 2. The normalized spacial score (nSPS) is 14.7. The smallest absolute Gasteiger partial charge is 0.221 e. The van der Waals surface area contributed by atoms with E-state index in [-0.39, 0.29) is 6.42 Å². The first-order valence-electron chi connectivity index (χ1n) is 11.0. The molecule has 7 nitrogen and oxygen atoms in total. The number of carbonyl (C=O) groups is 1. The molecule has 0 atom stereocenters. The summed E-state index contributed by atoms with van der Waals surface area (Å²) in [6, 6.07) is 15.3. The lowest BCUT2D eigenvalue weighted by Crippen LogP contribution is -2.38. The van der Waals surface area contributed by atoms with Crippen LogP contribution in [0.25, 0.3) is 33.2 Å². The Morgan fingerprint density at radius 1 is 1.15 bits per heavy atom. The van der Waals surface area contributed by atoms with E-state index in [1.165, 1.54) is 0 Å². The molecule has 0 saturated carbocycles. The van der Waals surface area contributed by atoms with Gasteiger partial charge in [-0.2, -0.15) is 0 Å². The van der Waals surface area contributed by atoms with Crippen molar-refractivity contribution in [3.8, 4) is 17.0 Å². The number of nitrogens with one attached hydrogen (secondary N) is 1. The summed E-state index contributed by atoms with van der Waals surface area (Å²) in [6.07, 6.45) is 0.120. The number of nitrogens with two attached hydrogens (primary N) is 1. The lowest BCUT2D eigenvalue weighted by molar-refractivity contribution is -0.117. The molecule has 0 aliphatic carbocycles. The standard InChI is InChI=1S/C25H25ClN4O3/c26-18-3-1-16(2-4-18)21-13-17(14-23(27)31)24-25(28-21)20-6-5-19(15-22(20)29-24)33-12-9-30-7-10-32-11-8-30/h1-6,13,15,29H,7-12,14H2,(H2,27,31). The summed E-state index contributed by atoms with van der Waals surface area (Å²) in [7, 11) is 0. The highest BCUT2D eigenvalue weighted by molar-refractivity contribution is 6.30. The van der Waals surface area contributed by atoms with Crippen LogP contribution in [0.1, 0.15) is 5.56 Å². The molecule has 1 fully saturated rings. The highest BCUT2D eigenvalue weighted by Crippen LogP contribution is 2.32. The highest BCUT2D eigenvalue weighted by atomic mass is 35.5. The maximum atomic E-state index is 11.8. The lowest BCUT2D eigenvalue weighted by Gasteiger charge is -2.26. The Bertz CT molecular complexity index is 1300. The third kappa shape index (κ3) is 4.80. The fourth-order valence-corrected chi connectivity index (χ4v) is 4.33. The number of halogens is 1. The van der Waals surface area contributed by atoms with E-state index in [1.54, 1.807) is 0 Å². The molecular formula is C25H25ClN4O3.